The summed E-state index contributed by atoms with van der Waals surface area (Å²) < 4.78 is 6.00. The van der Waals surface area contributed by atoms with Gasteiger partial charge in [0.2, 0.25) is 0 Å². The number of hydrogen-bond donors (Lipinski definition) is 1. The Labute approximate surface area is 172 Å². The lowest BCUT2D eigenvalue weighted by molar-refractivity contribution is -0.139. The lowest BCUT2D eigenvalue weighted by Crippen LogP contribution is -2.45. The minimum atomic E-state index is -0.509. The Balaban J connectivity index is 1.43. The first-order valence-corrected chi connectivity index (χ1v) is 10.6. The van der Waals surface area contributed by atoms with Crippen LogP contribution in [0.2, 0.25) is 0 Å². The second-order valence-corrected chi connectivity index (χ2v) is 8.28. The molecule has 0 spiro atoms. The molecule has 1 saturated heterocycles. The molecule has 0 radical (unpaired) electrons. The molecule has 6 heteroatoms. The van der Waals surface area contributed by atoms with Crippen LogP contribution in [0, 0.1) is 13.8 Å². The average molecular weight is 395 g/mol. The molecule has 0 bridgehead atoms. The largest absolute Gasteiger partial charge is 0.481 e. The lowest BCUT2D eigenvalue weighted by Gasteiger charge is -2.34. The van der Waals surface area contributed by atoms with E-state index in [2.05, 4.69) is 23.3 Å². The molecular formula is C23H30N4O2. The molecule has 1 amide bonds. The number of aryl methyl sites for hydroxylation is 2. The molecule has 0 saturated carbocycles. The first kappa shape index (κ1) is 19.8. The third-order valence-corrected chi connectivity index (χ3v) is 5.91. The number of rotatable bonds is 4. The molecule has 2 aliphatic rings. The molecule has 154 valence electrons. The molecule has 29 heavy (non-hydrogen) atoms. The van der Waals surface area contributed by atoms with Gasteiger partial charge in [-0.3, -0.25) is 4.79 Å². The van der Waals surface area contributed by atoms with Crippen LogP contribution in [0.5, 0.6) is 5.75 Å². The highest BCUT2D eigenvalue weighted by molar-refractivity contribution is 5.81. The van der Waals surface area contributed by atoms with Crippen LogP contribution in [0.4, 0.5) is 0 Å². The molecule has 4 rings (SSSR count). The number of piperidine rings is 1. The summed E-state index contributed by atoms with van der Waals surface area (Å²) in [7, 11) is 0. The van der Waals surface area contributed by atoms with Crippen molar-refractivity contribution in [2.45, 2.75) is 58.6 Å². The number of benzene rings is 1. The van der Waals surface area contributed by atoms with Gasteiger partial charge in [0.05, 0.1) is 0 Å². The molecule has 2 atom stereocenters. The zero-order valence-electron chi connectivity index (χ0n) is 17.6. The van der Waals surface area contributed by atoms with E-state index in [0.717, 1.165) is 61.7 Å². The van der Waals surface area contributed by atoms with Gasteiger partial charge in [-0.2, -0.15) is 0 Å². The maximum Gasteiger partial charge on any atom is 0.263 e. The van der Waals surface area contributed by atoms with E-state index in [1.165, 1.54) is 11.1 Å². The van der Waals surface area contributed by atoms with Gasteiger partial charge < -0.3 is 15.0 Å². The van der Waals surface area contributed by atoms with E-state index >= 15 is 0 Å². The van der Waals surface area contributed by atoms with Crippen LogP contribution in [-0.4, -0.2) is 46.5 Å². The summed E-state index contributed by atoms with van der Waals surface area (Å²) in [6.07, 6.45) is 4.38. The normalized spacial score (nSPS) is 20.1. The summed E-state index contributed by atoms with van der Waals surface area (Å²) >= 11 is 0. The molecule has 1 aromatic heterocycles. The van der Waals surface area contributed by atoms with Crippen LogP contribution in [0.15, 0.2) is 24.4 Å². The molecule has 1 aromatic carbocycles. The summed E-state index contributed by atoms with van der Waals surface area (Å²) in [6.45, 7) is 9.15. The summed E-state index contributed by atoms with van der Waals surface area (Å²) in [6, 6.07) is 6.04. The number of nitrogens with zero attached hydrogens (tertiary/aromatic N) is 3. The highest BCUT2D eigenvalue weighted by Gasteiger charge is 2.30. The Hall–Kier alpha value is -2.47. The van der Waals surface area contributed by atoms with Crippen molar-refractivity contribution in [1.82, 2.24) is 20.2 Å². The lowest BCUT2D eigenvalue weighted by atomic mass is 9.96. The number of carbonyl (C=O) groups excluding carboxylic acids is 1. The third-order valence-electron chi connectivity index (χ3n) is 5.91. The van der Waals surface area contributed by atoms with Crippen LogP contribution >= 0.6 is 0 Å². The minimum absolute atomic E-state index is 0.0387. The van der Waals surface area contributed by atoms with Crippen molar-refractivity contribution in [2.24, 2.45) is 0 Å². The number of hydrogen-bond acceptors (Lipinski definition) is 5. The Bertz CT molecular complexity index is 898. The highest BCUT2D eigenvalue weighted by atomic mass is 16.5. The molecule has 1 N–H and O–H groups in total. The van der Waals surface area contributed by atoms with Crippen LogP contribution < -0.4 is 10.1 Å². The van der Waals surface area contributed by atoms with Gasteiger partial charge in [-0.1, -0.05) is 17.7 Å². The van der Waals surface area contributed by atoms with E-state index in [1.807, 2.05) is 37.1 Å². The van der Waals surface area contributed by atoms with E-state index in [1.54, 1.807) is 0 Å². The quantitative estimate of drug-likeness (QED) is 0.864. The van der Waals surface area contributed by atoms with Crippen molar-refractivity contribution in [3.05, 3.63) is 52.6 Å². The number of likely N-dealkylation sites (tertiary alicyclic amines) is 1. The summed E-state index contributed by atoms with van der Waals surface area (Å²) in [5.74, 6) is 1.89. The highest BCUT2D eigenvalue weighted by Crippen LogP contribution is 2.27. The zero-order chi connectivity index (χ0) is 20.4. The molecular weight excluding hydrogens is 364 g/mol. The van der Waals surface area contributed by atoms with Gasteiger partial charge in [0.1, 0.15) is 11.6 Å². The summed E-state index contributed by atoms with van der Waals surface area (Å²) in [5.41, 5.74) is 4.59. The van der Waals surface area contributed by atoms with Crippen LogP contribution in [0.25, 0.3) is 0 Å². The van der Waals surface area contributed by atoms with Gasteiger partial charge >= 0.3 is 0 Å². The van der Waals surface area contributed by atoms with Crippen molar-refractivity contribution >= 4 is 5.91 Å². The second kappa shape index (κ2) is 8.49. The summed E-state index contributed by atoms with van der Waals surface area (Å²) in [4.78, 5) is 24.4. The monoisotopic (exact) mass is 394 g/mol. The van der Waals surface area contributed by atoms with Crippen molar-refractivity contribution in [3.8, 4) is 5.75 Å². The Morgan fingerprint density at radius 2 is 2.21 bits per heavy atom. The maximum atomic E-state index is 13.0. The Morgan fingerprint density at radius 1 is 1.34 bits per heavy atom. The molecule has 3 heterocycles. The molecule has 0 unspecified atom stereocenters. The van der Waals surface area contributed by atoms with Gasteiger partial charge in [0.15, 0.2) is 6.10 Å². The fourth-order valence-electron chi connectivity index (χ4n) is 4.27. The minimum Gasteiger partial charge on any atom is -0.481 e. The van der Waals surface area contributed by atoms with Crippen molar-refractivity contribution < 1.29 is 9.53 Å². The van der Waals surface area contributed by atoms with E-state index in [0.29, 0.717) is 6.54 Å². The fraction of sp³-hybridized carbons (Fsp3) is 0.522. The van der Waals surface area contributed by atoms with Gasteiger partial charge in [0, 0.05) is 56.0 Å². The molecule has 1 fully saturated rings. The first-order chi connectivity index (χ1) is 14.0. The van der Waals surface area contributed by atoms with E-state index in [-0.39, 0.29) is 11.8 Å². The molecule has 0 aliphatic carbocycles. The molecule has 2 aliphatic heterocycles. The Kier molecular flexibility index (Phi) is 5.81. The average Bonchev–Trinajstić information content (AvgIpc) is 2.75. The number of ether oxygens (including phenoxy) is 1. The number of carbonyl (C=O) groups is 1. The number of nitrogens with one attached hydrogen (secondary N) is 1. The van der Waals surface area contributed by atoms with Crippen molar-refractivity contribution in [3.63, 3.8) is 0 Å². The van der Waals surface area contributed by atoms with Gasteiger partial charge in [0.25, 0.3) is 5.91 Å². The number of fused-ring (bicyclic) bond motifs is 1. The SMILES string of the molecule is Cc1ccc(O[C@H](C)C(=O)N2CCC[C@H](c3ncc4c(n3)CCNC4)C2)c(C)c1. The molecule has 6 nitrogen and oxygen atoms in total. The van der Waals surface area contributed by atoms with Crippen molar-refractivity contribution in [1.29, 1.82) is 0 Å². The number of amides is 1. The topological polar surface area (TPSA) is 67.3 Å². The maximum absolute atomic E-state index is 13.0. The van der Waals surface area contributed by atoms with E-state index < -0.39 is 6.10 Å². The fourth-order valence-corrected chi connectivity index (χ4v) is 4.27. The molecule has 2 aromatic rings. The standard InChI is InChI=1S/C23H30N4O2/c1-15-6-7-21(16(2)11-15)29-17(3)23(28)27-10-4-5-18(14-27)22-25-13-19-12-24-9-8-20(19)26-22/h6-7,11,13,17-18,24H,4-5,8-10,12,14H2,1-3H3/t17-,18+/m1/s1. The van der Waals surface area contributed by atoms with Gasteiger partial charge in [-0.25, -0.2) is 9.97 Å². The second-order valence-electron chi connectivity index (χ2n) is 8.28. The number of aromatic nitrogens is 2. The Morgan fingerprint density at radius 3 is 3.03 bits per heavy atom. The van der Waals surface area contributed by atoms with Gasteiger partial charge in [-0.05, 0) is 45.2 Å². The van der Waals surface area contributed by atoms with E-state index in [9.17, 15) is 4.79 Å². The van der Waals surface area contributed by atoms with Crippen LogP contribution in [-0.2, 0) is 17.8 Å². The van der Waals surface area contributed by atoms with Crippen LogP contribution in [0.1, 0.15) is 53.9 Å². The summed E-state index contributed by atoms with van der Waals surface area (Å²) in [5, 5.41) is 3.35. The predicted octanol–water partition coefficient (Wildman–Crippen LogP) is 2.91. The first-order valence-electron chi connectivity index (χ1n) is 10.6. The van der Waals surface area contributed by atoms with Crippen LogP contribution in [0.3, 0.4) is 0 Å². The third kappa shape index (κ3) is 4.42. The zero-order valence-corrected chi connectivity index (χ0v) is 17.6. The smallest absolute Gasteiger partial charge is 0.263 e. The van der Waals surface area contributed by atoms with Gasteiger partial charge in [-0.15, -0.1) is 0 Å². The predicted molar refractivity (Wildman–Crippen MR) is 112 cm³/mol. The van der Waals surface area contributed by atoms with Crippen molar-refractivity contribution in [2.75, 3.05) is 19.6 Å². The van der Waals surface area contributed by atoms with E-state index in [4.69, 9.17) is 9.72 Å².